The number of halogens is 4. The summed E-state index contributed by atoms with van der Waals surface area (Å²) in [6.07, 6.45) is -4.42. The van der Waals surface area contributed by atoms with Crippen molar-refractivity contribution in [2.24, 2.45) is 4.99 Å². The zero-order chi connectivity index (χ0) is 21.4. The van der Waals surface area contributed by atoms with Gasteiger partial charge in [-0.15, -0.1) is 35.3 Å². The van der Waals surface area contributed by atoms with E-state index in [1.165, 1.54) is 5.56 Å². The Morgan fingerprint density at radius 2 is 1.97 bits per heavy atom. The Kier molecular flexibility index (Phi) is 10.5. The van der Waals surface area contributed by atoms with Crippen LogP contribution in [0, 0.1) is 0 Å². The van der Waals surface area contributed by atoms with Crippen LogP contribution in [-0.4, -0.2) is 48.7 Å². The maximum atomic E-state index is 12.7. The van der Waals surface area contributed by atoms with Crippen LogP contribution in [0.15, 0.2) is 34.6 Å². The van der Waals surface area contributed by atoms with Gasteiger partial charge in [-0.25, -0.2) is 9.98 Å². The number of thiazole rings is 1. The third kappa shape index (κ3) is 8.54. The van der Waals surface area contributed by atoms with E-state index in [1.807, 2.05) is 19.1 Å². The van der Waals surface area contributed by atoms with Gasteiger partial charge in [0, 0.05) is 31.6 Å². The van der Waals surface area contributed by atoms with Gasteiger partial charge in [-0.2, -0.15) is 13.2 Å². The Labute approximate surface area is 201 Å². The molecule has 0 amide bonds. The van der Waals surface area contributed by atoms with Gasteiger partial charge in [0.25, 0.3) is 0 Å². The minimum Gasteiger partial charge on any atom is -0.379 e. The second kappa shape index (κ2) is 12.6. The standard InChI is InChI=1S/C20H26F3N5OS.HI/c1-2-24-19(26-12-18-27-17(14-30-18)20(21,22)23)25-11-15-4-3-5-16(10-15)13-28-6-8-29-9-7-28;/h3-5,10,14H,2,6-9,11-13H2,1H3,(H2,24,25,26);1H. The molecule has 6 nitrogen and oxygen atoms in total. The van der Waals surface area contributed by atoms with E-state index in [0.717, 1.165) is 55.1 Å². The van der Waals surface area contributed by atoms with Crippen molar-refractivity contribution >= 4 is 41.3 Å². The molecule has 3 rings (SSSR count). The van der Waals surface area contributed by atoms with Crippen LogP contribution in [0.3, 0.4) is 0 Å². The zero-order valence-corrected chi connectivity index (χ0v) is 20.4. The molecule has 0 atom stereocenters. The van der Waals surface area contributed by atoms with Crippen molar-refractivity contribution in [3.63, 3.8) is 0 Å². The largest absolute Gasteiger partial charge is 0.434 e. The fourth-order valence-corrected chi connectivity index (χ4v) is 3.78. The van der Waals surface area contributed by atoms with E-state index in [0.29, 0.717) is 24.1 Å². The summed E-state index contributed by atoms with van der Waals surface area (Å²) in [5.41, 5.74) is 1.44. The van der Waals surface area contributed by atoms with Gasteiger partial charge < -0.3 is 15.4 Å². The van der Waals surface area contributed by atoms with Gasteiger partial charge in [0.05, 0.1) is 26.3 Å². The summed E-state index contributed by atoms with van der Waals surface area (Å²) in [4.78, 5) is 10.6. The van der Waals surface area contributed by atoms with Crippen LogP contribution in [0.2, 0.25) is 0 Å². The lowest BCUT2D eigenvalue weighted by molar-refractivity contribution is -0.140. The SMILES string of the molecule is CCNC(=NCc1cccc(CN2CCOCC2)c1)NCc1nc(C(F)(F)F)cs1.I. The van der Waals surface area contributed by atoms with Gasteiger partial charge >= 0.3 is 6.18 Å². The highest BCUT2D eigenvalue weighted by Crippen LogP contribution is 2.29. The average molecular weight is 569 g/mol. The second-order valence-corrected chi connectivity index (χ2v) is 7.82. The monoisotopic (exact) mass is 569 g/mol. The van der Waals surface area contributed by atoms with E-state index in [9.17, 15) is 13.2 Å². The molecule has 1 aromatic carbocycles. The molecular weight excluding hydrogens is 542 g/mol. The van der Waals surface area contributed by atoms with Crippen LogP contribution in [0.1, 0.15) is 28.8 Å². The molecule has 0 spiro atoms. The number of hydrogen-bond donors (Lipinski definition) is 2. The van der Waals surface area contributed by atoms with Gasteiger partial charge in [-0.3, -0.25) is 4.90 Å². The number of ether oxygens (including phenoxy) is 1. The quantitative estimate of drug-likeness (QED) is 0.302. The summed E-state index contributed by atoms with van der Waals surface area (Å²) in [5, 5.41) is 7.55. The molecule has 1 fully saturated rings. The fraction of sp³-hybridized carbons (Fsp3) is 0.500. The van der Waals surface area contributed by atoms with E-state index >= 15 is 0 Å². The number of benzene rings is 1. The van der Waals surface area contributed by atoms with Gasteiger partial charge in [-0.1, -0.05) is 24.3 Å². The molecular formula is C20H27F3IN5OS. The Morgan fingerprint density at radius 1 is 1.23 bits per heavy atom. The molecule has 31 heavy (non-hydrogen) atoms. The highest BCUT2D eigenvalue weighted by atomic mass is 127. The Morgan fingerprint density at radius 3 is 2.65 bits per heavy atom. The summed E-state index contributed by atoms with van der Waals surface area (Å²) in [5.74, 6) is 0.542. The number of alkyl halides is 3. The molecule has 1 aromatic heterocycles. The summed E-state index contributed by atoms with van der Waals surface area (Å²) in [6.45, 7) is 7.52. The van der Waals surface area contributed by atoms with Crippen LogP contribution in [-0.2, 0) is 30.5 Å². The van der Waals surface area contributed by atoms with Gasteiger partial charge in [0.1, 0.15) is 5.01 Å². The molecule has 0 saturated carbocycles. The number of morpholine rings is 1. The first-order valence-corrected chi connectivity index (χ1v) is 10.7. The third-order valence-electron chi connectivity index (χ3n) is 4.51. The predicted octanol–water partition coefficient (Wildman–Crippen LogP) is 3.87. The minimum absolute atomic E-state index is 0. The molecule has 11 heteroatoms. The zero-order valence-electron chi connectivity index (χ0n) is 17.2. The molecule has 2 N–H and O–H groups in total. The molecule has 0 bridgehead atoms. The van der Waals surface area contributed by atoms with Crippen LogP contribution in [0.5, 0.6) is 0 Å². The Balaban J connectivity index is 0.00000341. The molecule has 1 aliphatic heterocycles. The lowest BCUT2D eigenvalue weighted by atomic mass is 10.1. The summed E-state index contributed by atoms with van der Waals surface area (Å²) in [6, 6.07) is 8.29. The number of aliphatic imine (C=N–C) groups is 1. The molecule has 2 heterocycles. The number of aromatic nitrogens is 1. The second-order valence-electron chi connectivity index (χ2n) is 6.88. The van der Waals surface area contributed by atoms with Crippen LogP contribution < -0.4 is 10.6 Å². The number of guanidine groups is 1. The van der Waals surface area contributed by atoms with Crippen molar-refractivity contribution < 1.29 is 17.9 Å². The lowest BCUT2D eigenvalue weighted by Gasteiger charge is -2.26. The van der Waals surface area contributed by atoms with E-state index in [1.54, 1.807) is 0 Å². The molecule has 2 aromatic rings. The normalized spacial score (nSPS) is 15.4. The maximum absolute atomic E-state index is 12.7. The first-order valence-electron chi connectivity index (χ1n) is 9.85. The van der Waals surface area contributed by atoms with Crippen molar-refractivity contribution in [3.8, 4) is 0 Å². The maximum Gasteiger partial charge on any atom is 0.434 e. The molecule has 0 radical (unpaired) electrons. The molecule has 0 unspecified atom stereocenters. The molecule has 1 saturated heterocycles. The molecule has 172 valence electrons. The average Bonchev–Trinajstić information content (AvgIpc) is 3.21. The molecule has 1 aliphatic rings. The predicted molar refractivity (Wildman–Crippen MR) is 127 cm³/mol. The van der Waals surface area contributed by atoms with Crippen molar-refractivity contribution in [1.29, 1.82) is 0 Å². The number of nitrogens with zero attached hydrogens (tertiary/aromatic N) is 3. The van der Waals surface area contributed by atoms with Crippen molar-refractivity contribution in [2.45, 2.75) is 32.7 Å². The fourth-order valence-electron chi connectivity index (χ4n) is 3.04. The van der Waals surface area contributed by atoms with Crippen LogP contribution >= 0.6 is 35.3 Å². The third-order valence-corrected chi connectivity index (χ3v) is 5.36. The van der Waals surface area contributed by atoms with E-state index < -0.39 is 11.9 Å². The lowest BCUT2D eigenvalue weighted by Crippen LogP contribution is -2.36. The smallest absolute Gasteiger partial charge is 0.379 e. The Bertz CT molecular complexity index is 840. The van der Waals surface area contributed by atoms with Crippen LogP contribution in [0.4, 0.5) is 13.2 Å². The molecule has 0 aliphatic carbocycles. The number of rotatable bonds is 7. The van der Waals surface area contributed by atoms with E-state index in [-0.39, 0.29) is 30.5 Å². The highest BCUT2D eigenvalue weighted by Gasteiger charge is 2.33. The highest BCUT2D eigenvalue weighted by molar-refractivity contribution is 14.0. The van der Waals surface area contributed by atoms with Crippen molar-refractivity contribution in [1.82, 2.24) is 20.5 Å². The van der Waals surface area contributed by atoms with Gasteiger partial charge in [-0.05, 0) is 18.1 Å². The first kappa shape index (κ1) is 25.8. The summed E-state index contributed by atoms with van der Waals surface area (Å²) >= 11 is 0.979. The number of nitrogens with one attached hydrogen (secondary N) is 2. The Hall–Kier alpha value is -1.44. The van der Waals surface area contributed by atoms with E-state index in [2.05, 4.69) is 37.6 Å². The first-order chi connectivity index (χ1) is 14.4. The van der Waals surface area contributed by atoms with Crippen LogP contribution in [0.25, 0.3) is 0 Å². The van der Waals surface area contributed by atoms with Gasteiger partial charge in [0.15, 0.2) is 11.7 Å². The van der Waals surface area contributed by atoms with E-state index in [4.69, 9.17) is 4.74 Å². The van der Waals surface area contributed by atoms with Crippen molar-refractivity contribution in [2.75, 3.05) is 32.8 Å². The topological polar surface area (TPSA) is 61.8 Å². The van der Waals surface area contributed by atoms with Gasteiger partial charge in [0.2, 0.25) is 0 Å². The summed E-state index contributed by atoms with van der Waals surface area (Å²) < 4.78 is 43.5. The number of hydrogen-bond acceptors (Lipinski definition) is 5. The minimum atomic E-state index is -4.42. The van der Waals surface area contributed by atoms with Crippen molar-refractivity contribution in [3.05, 3.63) is 51.5 Å². The summed E-state index contributed by atoms with van der Waals surface area (Å²) in [7, 11) is 0.